The standard InChI is InChI=1S/C22H16ClF4N3O4/c1-34-17-9-7-12(6-8-16(31)14-4-2-3-5-15(14)30(32)33)10-13(17)11-29-20(22(26)27)18(23)19(28-29)21(24)25/h2-10,21-22H,11H2,1H3/b8-6+. The third-order valence-corrected chi connectivity index (χ3v) is 5.17. The Balaban J connectivity index is 1.94. The molecule has 12 heteroatoms. The van der Waals surface area contributed by atoms with Crippen molar-refractivity contribution in [3.05, 3.63) is 91.8 Å². The van der Waals surface area contributed by atoms with E-state index < -0.39 is 40.0 Å². The fraction of sp³-hybridized carbons (Fsp3) is 0.182. The van der Waals surface area contributed by atoms with Crippen LogP contribution in [0.3, 0.4) is 0 Å². The molecule has 3 rings (SSSR count). The molecule has 0 saturated heterocycles. The van der Waals surface area contributed by atoms with Crippen molar-refractivity contribution in [1.82, 2.24) is 9.78 Å². The fourth-order valence-corrected chi connectivity index (χ4v) is 3.53. The number of nitrogens with zero attached hydrogens (tertiary/aromatic N) is 3. The lowest BCUT2D eigenvalue weighted by Gasteiger charge is -2.12. The van der Waals surface area contributed by atoms with Crippen molar-refractivity contribution in [3.63, 3.8) is 0 Å². The van der Waals surface area contributed by atoms with Gasteiger partial charge in [-0.25, -0.2) is 17.6 Å². The number of hydrogen-bond acceptors (Lipinski definition) is 5. The fourth-order valence-electron chi connectivity index (χ4n) is 3.23. The number of para-hydroxylation sites is 1. The van der Waals surface area contributed by atoms with Gasteiger partial charge in [0.2, 0.25) is 0 Å². The Labute approximate surface area is 195 Å². The number of allylic oxidation sites excluding steroid dienone is 1. The van der Waals surface area contributed by atoms with Crippen LogP contribution in [0.15, 0.2) is 48.5 Å². The van der Waals surface area contributed by atoms with Crippen molar-refractivity contribution in [2.75, 3.05) is 7.11 Å². The normalized spacial score (nSPS) is 11.5. The molecule has 3 aromatic rings. The number of methoxy groups -OCH3 is 1. The van der Waals surface area contributed by atoms with Gasteiger partial charge in [-0.15, -0.1) is 0 Å². The van der Waals surface area contributed by atoms with Crippen molar-refractivity contribution in [1.29, 1.82) is 0 Å². The Morgan fingerprint density at radius 1 is 1.21 bits per heavy atom. The van der Waals surface area contributed by atoms with Gasteiger partial charge in [0.15, 0.2) is 5.78 Å². The van der Waals surface area contributed by atoms with E-state index in [9.17, 15) is 32.5 Å². The predicted octanol–water partition coefficient (Wildman–Crippen LogP) is 6.27. The summed E-state index contributed by atoms with van der Waals surface area (Å²) in [5.74, 6) is -0.363. The molecule has 0 aliphatic heterocycles. The number of nitro benzene ring substituents is 1. The first-order chi connectivity index (χ1) is 16.1. The largest absolute Gasteiger partial charge is 0.496 e. The molecule has 0 bridgehead atoms. The lowest BCUT2D eigenvalue weighted by Crippen LogP contribution is -2.08. The third kappa shape index (κ3) is 5.25. The van der Waals surface area contributed by atoms with Crippen LogP contribution >= 0.6 is 11.6 Å². The average Bonchev–Trinajstić information content (AvgIpc) is 3.13. The molecule has 0 fully saturated rings. The lowest BCUT2D eigenvalue weighted by atomic mass is 10.1. The Bertz CT molecular complexity index is 1260. The van der Waals surface area contributed by atoms with E-state index in [1.807, 2.05) is 0 Å². The summed E-state index contributed by atoms with van der Waals surface area (Å²) in [6.45, 7) is -0.366. The van der Waals surface area contributed by atoms with Crippen LogP contribution in [0.2, 0.25) is 5.02 Å². The molecule has 34 heavy (non-hydrogen) atoms. The highest BCUT2D eigenvalue weighted by Crippen LogP contribution is 2.35. The number of benzene rings is 2. The van der Waals surface area contributed by atoms with Crippen LogP contribution in [0.25, 0.3) is 6.08 Å². The van der Waals surface area contributed by atoms with E-state index in [4.69, 9.17) is 16.3 Å². The van der Waals surface area contributed by atoms with Crippen molar-refractivity contribution < 1.29 is 32.0 Å². The molecule has 0 spiro atoms. The Morgan fingerprint density at radius 3 is 2.53 bits per heavy atom. The molecule has 0 amide bonds. The second-order valence-electron chi connectivity index (χ2n) is 6.89. The molecule has 1 heterocycles. The predicted molar refractivity (Wildman–Crippen MR) is 116 cm³/mol. The first-order valence-corrected chi connectivity index (χ1v) is 9.97. The SMILES string of the molecule is COc1ccc(/C=C/C(=O)c2ccccc2[N+](=O)[O-])cc1Cn1nc(C(F)F)c(Cl)c1C(F)F. The minimum atomic E-state index is -3.15. The molecular weight excluding hydrogens is 482 g/mol. The first kappa shape index (κ1) is 24.9. The van der Waals surface area contributed by atoms with Crippen molar-refractivity contribution in [2.24, 2.45) is 0 Å². The summed E-state index contributed by atoms with van der Waals surface area (Å²) in [5.41, 5.74) is -1.55. The second-order valence-corrected chi connectivity index (χ2v) is 7.26. The van der Waals surface area contributed by atoms with Gasteiger partial charge in [-0.1, -0.05) is 35.9 Å². The van der Waals surface area contributed by atoms with Gasteiger partial charge >= 0.3 is 0 Å². The van der Waals surface area contributed by atoms with E-state index in [1.54, 1.807) is 6.07 Å². The summed E-state index contributed by atoms with van der Waals surface area (Å²) >= 11 is 5.70. The van der Waals surface area contributed by atoms with Crippen LogP contribution in [0.4, 0.5) is 23.2 Å². The maximum Gasteiger partial charge on any atom is 0.283 e. The van der Waals surface area contributed by atoms with Gasteiger partial charge in [-0.3, -0.25) is 19.6 Å². The molecule has 0 atom stereocenters. The van der Waals surface area contributed by atoms with Gasteiger partial charge < -0.3 is 4.74 Å². The van der Waals surface area contributed by atoms with Crippen molar-refractivity contribution in [2.45, 2.75) is 19.4 Å². The first-order valence-electron chi connectivity index (χ1n) is 9.59. The van der Waals surface area contributed by atoms with Crippen molar-refractivity contribution >= 4 is 29.1 Å². The molecule has 0 aliphatic carbocycles. The minimum absolute atomic E-state index is 0.107. The quantitative estimate of drug-likeness (QED) is 0.114. The van der Waals surface area contributed by atoms with E-state index in [0.717, 1.165) is 6.08 Å². The van der Waals surface area contributed by atoms with Crippen LogP contribution in [-0.2, 0) is 6.54 Å². The van der Waals surface area contributed by atoms with Gasteiger partial charge in [0.1, 0.15) is 17.1 Å². The zero-order chi connectivity index (χ0) is 25.0. The van der Waals surface area contributed by atoms with E-state index in [2.05, 4.69) is 5.10 Å². The van der Waals surface area contributed by atoms with Gasteiger partial charge in [0.25, 0.3) is 18.5 Å². The van der Waals surface area contributed by atoms with Gasteiger partial charge in [-0.2, -0.15) is 5.10 Å². The van der Waals surface area contributed by atoms with Gasteiger partial charge in [-0.05, 0) is 29.8 Å². The highest BCUT2D eigenvalue weighted by atomic mass is 35.5. The smallest absolute Gasteiger partial charge is 0.283 e. The van der Waals surface area contributed by atoms with E-state index >= 15 is 0 Å². The molecule has 1 aromatic heterocycles. The van der Waals surface area contributed by atoms with Crippen LogP contribution < -0.4 is 4.74 Å². The highest BCUT2D eigenvalue weighted by Gasteiger charge is 2.28. The molecule has 0 aliphatic rings. The molecule has 0 saturated carbocycles. The van der Waals surface area contributed by atoms with Crippen LogP contribution in [-0.4, -0.2) is 27.6 Å². The Kier molecular flexibility index (Phi) is 7.67. The number of nitro groups is 1. The molecule has 0 unspecified atom stereocenters. The maximum absolute atomic E-state index is 13.5. The number of hydrogen-bond donors (Lipinski definition) is 0. The van der Waals surface area contributed by atoms with Gasteiger partial charge in [0, 0.05) is 11.6 Å². The Morgan fingerprint density at radius 2 is 1.91 bits per heavy atom. The molecule has 0 radical (unpaired) electrons. The number of carbonyl (C=O) groups excluding carboxylic acids is 1. The van der Waals surface area contributed by atoms with Crippen LogP contribution in [0.5, 0.6) is 5.75 Å². The molecule has 2 aromatic carbocycles. The zero-order valence-corrected chi connectivity index (χ0v) is 18.2. The summed E-state index contributed by atoms with van der Waals surface area (Å²) in [7, 11) is 1.33. The molecule has 178 valence electrons. The molecule has 0 N–H and O–H groups in total. The number of ketones is 1. The maximum atomic E-state index is 13.5. The summed E-state index contributed by atoms with van der Waals surface area (Å²) in [6.07, 6.45) is -3.80. The second kappa shape index (κ2) is 10.5. The highest BCUT2D eigenvalue weighted by molar-refractivity contribution is 6.32. The number of carbonyl (C=O) groups is 1. The third-order valence-electron chi connectivity index (χ3n) is 4.79. The molecule has 7 nitrogen and oxygen atoms in total. The van der Waals surface area contributed by atoms with Crippen LogP contribution in [0, 0.1) is 10.1 Å². The lowest BCUT2D eigenvalue weighted by molar-refractivity contribution is -0.385. The topological polar surface area (TPSA) is 87.3 Å². The number of aromatic nitrogens is 2. The van der Waals surface area contributed by atoms with E-state index in [-0.39, 0.29) is 23.5 Å². The summed E-state index contributed by atoms with van der Waals surface area (Å²) in [4.78, 5) is 22.9. The summed E-state index contributed by atoms with van der Waals surface area (Å²) in [5, 5.41) is 13.9. The minimum Gasteiger partial charge on any atom is -0.496 e. The summed E-state index contributed by atoms with van der Waals surface area (Å²) in [6, 6.07) is 9.97. The monoisotopic (exact) mass is 497 g/mol. The van der Waals surface area contributed by atoms with Crippen molar-refractivity contribution in [3.8, 4) is 5.75 Å². The number of alkyl halides is 4. The Hall–Kier alpha value is -3.73. The number of ether oxygens (including phenoxy) is 1. The van der Waals surface area contributed by atoms with Gasteiger partial charge in [0.05, 0.1) is 29.2 Å². The average molecular weight is 498 g/mol. The number of halogens is 5. The summed E-state index contributed by atoms with van der Waals surface area (Å²) < 4.78 is 59.1. The van der Waals surface area contributed by atoms with E-state index in [1.165, 1.54) is 49.6 Å². The zero-order valence-electron chi connectivity index (χ0n) is 17.4. The van der Waals surface area contributed by atoms with E-state index in [0.29, 0.717) is 15.8 Å². The van der Waals surface area contributed by atoms with Crippen LogP contribution in [0.1, 0.15) is 45.7 Å². The molecular formula is C22H16ClF4N3O4. The number of rotatable bonds is 9.